The molecule has 2 N–H and O–H groups in total. The lowest BCUT2D eigenvalue weighted by Crippen LogP contribution is -1.97. The smallest absolute Gasteiger partial charge is 0.155 e. The van der Waals surface area contributed by atoms with Crippen molar-refractivity contribution in [3.63, 3.8) is 0 Å². The van der Waals surface area contributed by atoms with Gasteiger partial charge in [-0.1, -0.05) is 35.9 Å². The quantitative estimate of drug-likeness (QED) is 0.751. The largest absolute Gasteiger partial charge is 0.394 e. The molecule has 3 nitrogen and oxygen atoms in total. The molecule has 4 heteroatoms. The number of nitrogens with zero attached hydrogens (tertiary/aromatic N) is 2. The average Bonchev–Trinajstić information content (AvgIpc) is 2.23. The van der Waals surface area contributed by atoms with E-state index >= 15 is 0 Å². The van der Waals surface area contributed by atoms with Crippen LogP contribution >= 0.6 is 11.6 Å². The van der Waals surface area contributed by atoms with Crippen molar-refractivity contribution in [1.29, 1.82) is 0 Å². The molecule has 2 aromatic rings. The first-order valence-corrected chi connectivity index (χ1v) is 4.90. The second-order valence-electron chi connectivity index (χ2n) is 3.24. The van der Waals surface area contributed by atoms with E-state index in [4.69, 9.17) is 17.3 Å². The first-order valence-electron chi connectivity index (χ1n) is 4.52. The number of nitrogens with two attached hydrogens (primary N) is 1. The summed E-state index contributed by atoms with van der Waals surface area (Å²) in [4.78, 5) is 7.97. The van der Waals surface area contributed by atoms with E-state index in [-0.39, 0.29) is 0 Å². The zero-order valence-electron chi connectivity index (χ0n) is 8.24. The van der Waals surface area contributed by atoms with Crippen molar-refractivity contribution in [1.82, 2.24) is 9.97 Å². The zero-order chi connectivity index (χ0) is 10.8. The predicted molar refractivity (Wildman–Crippen MR) is 61.6 cm³/mol. The van der Waals surface area contributed by atoms with Crippen LogP contribution in [0.2, 0.25) is 5.15 Å². The lowest BCUT2D eigenvalue weighted by Gasteiger charge is -2.07. The fourth-order valence-electron chi connectivity index (χ4n) is 1.43. The molecular formula is C11H10ClN3. The van der Waals surface area contributed by atoms with Gasteiger partial charge in [0.1, 0.15) is 6.33 Å². The van der Waals surface area contributed by atoms with Crippen molar-refractivity contribution in [2.24, 2.45) is 0 Å². The van der Waals surface area contributed by atoms with Gasteiger partial charge in [0, 0.05) is 5.56 Å². The monoisotopic (exact) mass is 219 g/mol. The van der Waals surface area contributed by atoms with Crippen molar-refractivity contribution in [3.05, 3.63) is 41.3 Å². The highest BCUT2D eigenvalue weighted by Crippen LogP contribution is 2.29. The molecule has 76 valence electrons. The van der Waals surface area contributed by atoms with Gasteiger partial charge in [-0.3, -0.25) is 0 Å². The highest BCUT2D eigenvalue weighted by atomic mass is 35.5. The predicted octanol–water partition coefficient (Wildman–Crippen LogP) is 2.69. The standard InChI is InChI=1S/C11H10ClN3/c1-7-4-2-3-5-8(7)10-9(13)11(12)15-6-14-10/h2-6H,13H2,1H3. The molecule has 0 bridgehead atoms. The Kier molecular flexibility index (Phi) is 2.56. The Morgan fingerprint density at radius 2 is 1.93 bits per heavy atom. The van der Waals surface area contributed by atoms with Crippen LogP contribution in [-0.4, -0.2) is 9.97 Å². The maximum Gasteiger partial charge on any atom is 0.155 e. The molecule has 0 saturated heterocycles. The van der Waals surface area contributed by atoms with Gasteiger partial charge in [-0.25, -0.2) is 9.97 Å². The Bertz CT molecular complexity index is 497. The van der Waals surface area contributed by atoms with Crippen LogP contribution in [0.25, 0.3) is 11.3 Å². The molecule has 0 atom stereocenters. The first kappa shape index (κ1) is 9.93. The van der Waals surface area contributed by atoms with Crippen LogP contribution in [0.5, 0.6) is 0 Å². The van der Waals surface area contributed by atoms with Crippen LogP contribution in [-0.2, 0) is 0 Å². The van der Waals surface area contributed by atoms with Gasteiger partial charge in [0.2, 0.25) is 0 Å². The van der Waals surface area contributed by atoms with E-state index < -0.39 is 0 Å². The number of nitrogen functional groups attached to an aromatic ring is 1. The number of halogens is 1. The second-order valence-corrected chi connectivity index (χ2v) is 3.60. The molecule has 0 saturated carbocycles. The molecular weight excluding hydrogens is 210 g/mol. The van der Waals surface area contributed by atoms with Crippen LogP contribution in [0.4, 0.5) is 5.69 Å². The minimum absolute atomic E-state index is 0.295. The van der Waals surface area contributed by atoms with E-state index in [1.165, 1.54) is 6.33 Å². The van der Waals surface area contributed by atoms with Gasteiger partial charge in [-0.2, -0.15) is 0 Å². The zero-order valence-corrected chi connectivity index (χ0v) is 8.99. The summed E-state index contributed by atoms with van der Waals surface area (Å²) in [7, 11) is 0. The van der Waals surface area contributed by atoms with Crippen LogP contribution in [0.1, 0.15) is 5.56 Å². The van der Waals surface area contributed by atoms with Crippen molar-refractivity contribution in [3.8, 4) is 11.3 Å². The molecule has 15 heavy (non-hydrogen) atoms. The van der Waals surface area contributed by atoms with E-state index in [0.29, 0.717) is 16.5 Å². The number of benzene rings is 1. The van der Waals surface area contributed by atoms with Crippen LogP contribution < -0.4 is 5.73 Å². The van der Waals surface area contributed by atoms with Gasteiger partial charge in [0.15, 0.2) is 5.15 Å². The fourth-order valence-corrected chi connectivity index (χ4v) is 1.56. The van der Waals surface area contributed by atoms with Crippen LogP contribution in [0.15, 0.2) is 30.6 Å². The minimum Gasteiger partial charge on any atom is -0.394 e. The molecule has 0 aliphatic rings. The summed E-state index contributed by atoms with van der Waals surface area (Å²) in [6, 6.07) is 7.88. The van der Waals surface area contributed by atoms with E-state index in [2.05, 4.69) is 9.97 Å². The summed E-state index contributed by atoms with van der Waals surface area (Å²) in [5, 5.41) is 0.295. The summed E-state index contributed by atoms with van der Waals surface area (Å²) < 4.78 is 0. The molecule has 1 aromatic heterocycles. The Morgan fingerprint density at radius 3 is 2.67 bits per heavy atom. The number of aromatic nitrogens is 2. The summed E-state index contributed by atoms with van der Waals surface area (Å²) >= 11 is 5.84. The van der Waals surface area contributed by atoms with E-state index in [9.17, 15) is 0 Å². The number of anilines is 1. The van der Waals surface area contributed by atoms with Gasteiger partial charge >= 0.3 is 0 Å². The van der Waals surface area contributed by atoms with Crippen molar-refractivity contribution >= 4 is 17.3 Å². The molecule has 0 aliphatic heterocycles. The molecule has 2 rings (SSSR count). The third kappa shape index (κ3) is 1.78. The second kappa shape index (κ2) is 3.87. The molecule has 1 heterocycles. The molecule has 0 unspecified atom stereocenters. The first-order chi connectivity index (χ1) is 7.20. The SMILES string of the molecule is Cc1ccccc1-c1ncnc(Cl)c1N. The van der Waals surface area contributed by atoms with Crippen molar-refractivity contribution in [2.75, 3.05) is 5.73 Å². The van der Waals surface area contributed by atoms with Gasteiger partial charge in [0.25, 0.3) is 0 Å². The molecule has 0 amide bonds. The summed E-state index contributed by atoms with van der Waals surface area (Å²) in [5.41, 5.74) is 9.03. The maximum atomic E-state index is 5.84. The molecule has 0 radical (unpaired) electrons. The number of rotatable bonds is 1. The highest BCUT2D eigenvalue weighted by Gasteiger charge is 2.09. The number of hydrogen-bond donors (Lipinski definition) is 1. The Balaban J connectivity index is 2.65. The fraction of sp³-hybridized carbons (Fsp3) is 0.0909. The summed E-state index contributed by atoms with van der Waals surface area (Å²) in [6.45, 7) is 2.00. The highest BCUT2D eigenvalue weighted by molar-refractivity contribution is 6.32. The molecule has 0 fully saturated rings. The van der Waals surface area contributed by atoms with Gasteiger partial charge < -0.3 is 5.73 Å². The van der Waals surface area contributed by atoms with E-state index in [1.54, 1.807) is 0 Å². The van der Waals surface area contributed by atoms with Gasteiger partial charge in [-0.05, 0) is 12.5 Å². The Morgan fingerprint density at radius 1 is 1.20 bits per heavy atom. The third-order valence-corrected chi connectivity index (χ3v) is 2.54. The van der Waals surface area contributed by atoms with E-state index in [1.807, 2.05) is 31.2 Å². The molecule has 1 aromatic carbocycles. The average molecular weight is 220 g/mol. The maximum absolute atomic E-state index is 5.84. The Hall–Kier alpha value is -1.61. The molecule has 0 spiro atoms. The number of hydrogen-bond acceptors (Lipinski definition) is 3. The summed E-state index contributed by atoms with van der Waals surface area (Å²) in [6.07, 6.45) is 1.42. The van der Waals surface area contributed by atoms with Crippen LogP contribution in [0.3, 0.4) is 0 Å². The minimum atomic E-state index is 0.295. The normalized spacial score (nSPS) is 10.3. The van der Waals surface area contributed by atoms with Crippen molar-refractivity contribution < 1.29 is 0 Å². The topological polar surface area (TPSA) is 51.8 Å². The third-order valence-electron chi connectivity index (χ3n) is 2.24. The van der Waals surface area contributed by atoms with Crippen molar-refractivity contribution in [2.45, 2.75) is 6.92 Å². The number of aryl methyl sites for hydroxylation is 1. The Labute approximate surface area is 92.9 Å². The van der Waals surface area contributed by atoms with Crippen LogP contribution in [0, 0.1) is 6.92 Å². The lowest BCUT2D eigenvalue weighted by molar-refractivity contribution is 1.17. The summed E-state index contributed by atoms with van der Waals surface area (Å²) in [5.74, 6) is 0. The van der Waals surface area contributed by atoms with Gasteiger partial charge in [-0.15, -0.1) is 0 Å². The lowest BCUT2D eigenvalue weighted by atomic mass is 10.1. The van der Waals surface area contributed by atoms with Gasteiger partial charge in [0.05, 0.1) is 11.4 Å². The molecule has 0 aliphatic carbocycles. The van der Waals surface area contributed by atoms with E-state index in [0.717, 1.165) is 11.1 Å².